The lowest BCUT2D eigenvalue weighted by Gasteiger charge is -2.13. The van der Waals surface area contributed by atoms with Gasteiger partial charge in [0, 0.05) is 23.6 Å². The number of hydrogen-bond donors (Lipinski definition) is 2. The van der Waals surface area contributed by atoms with Crippen LogP contribution in [0.15, 0.2) is 48.7 Å². The summed E-state index contributed by atoms with van der Waals surface area (Å²) in [5.41, 5.74) is 3.59. The van der Waals surface area contributed by atoms with Crippen molar-refractivity contribution in [2.24, 2.45) is 0 Å². The van der Waals surface area contributed by atoms with Crippen LogP contribution in [0.5, 0.6) is 5.75 Å². The first kappa shape index (κ1) is 13.1. The molecule has 2 aromatic carbocycles. The van der Waals surface area contributed by atoms with Gasteiger partial charge in [-0.3, -0.25) is 0 Å². The minimum Gasteiger partial charge on any atom is -0.495 e. The molecule has 4 nitrogen and oxygen atoms in total. The number of anilines is 1. The maximum absolute atomic E-state index is 9.22. The number of benzene rings is 2. The fraction of sp³-hybridized carbons (Fsp3) is 0.118. The summed E-state index contributed by atoms with van der Waals surface area (Å²) in [6, 6.07) is 15.8. The molecule has 0 atom stereocenters. The van der Waals surface area contributed by atoms with E-state index in [4.69, 9.17) is 4.74 Å². The maximum atomic E-state index is 9.22. The largest absolute Gasteiger partial charge is 0.495 e. The predicted octanol–water partition coefficient (Wildman–Crippen LogP) is 3.66. The minimum atomic E-state index is 0.579. The molecule has 0 saturated heterocycles. The van der Waals surface area contributed by atoms with Gasteiger partial charge >= 0.3 is 0 Å². The highest BCUT2D eigenvalue weighted by Gasteiger charge is 2.09. The van der Waals surface area contributed by atoms with Gasteiger partial charge in [0.25, 0.3) is 0 Å². The fourth-order valence-corrected chi connectivity index (χ4v) is 2.46. The zero-order valence-corrected chi connectivity index (χ0v) is 11.7. The van der Waals surface area contributed by atoms with Gasteiger partial charge in [-0.25, -0.2) is 0 Å². The van der Waals surface area contributed by atoms with E-state index in [-0.39, 0.29) is 0 Å². The van der Waals surface area contributed by atoms with Gasteiger partial charge in [-0.05, 0) is 29.8 Å². The first-order valence-corrected chi connectivity index (χ1v) is 6.69. The van der Waals surface area contributed by atoms with Crippen LogP contribution in [0.2, 0.25) is 0 Å². The molecule has 0 aliphatic carbocycles. The van der Waals surface area contributed by atoms with E-state index in [1.165, 1.54) is 10.9 Å². The molecule has 104 valence electrons. The van der Waals surface area contributed by atoms with E-state index in [2.05, 4.69) is 28.5 Å². The normalized spacial score (nSPS) is 10.3. The number of fused-ring (bicyclic) bond motifs is 1. The Hall–Kier alpha value is -2.93. The van der Waals surface area contributed by atoms with Gasteiger partial charge in [-0.15, -0.1) is 0 Å². The Labute approximate surface area is 123 Å². The van der Waals surface area contributed by atoms with Gasteiger partial charge in [0.05, 0.1) is 18.4 Å². The van der Waals surface area contributed by atoms with Crippen LogP contribution in [-0.4, -0.2) is 12.1 Å². The summed E-state index contributed by atoms with van der Waals surface area (Å²) in [4.78, 5) is 3.20. The lowest BCUT2D eigenvalue weighted by Crippen LogP contribution is -2.03. The van der Waals surface area contributed by atoms with E-state index in [1.54, 1.807) is 13.2 Å². The predicted molar refractivity (Wildman–Crippen MR) is 83.3 cm³/mol. The number of aromatic nitrogens is 1. The van der Waals surface area contributed by atoms with Crippen molar-refractivity contribution in [3.8, 4) is 11.8 Å². The SMILES string of the molecule is COc1cccc(C#N)c1NCc1cccc2[nH]ccc12. The van der Waals surface area contributed by atoms with Crippen LogP contribution in [-0.2, 0) is 6.54 Å². The van der Waals surface area contributed by atoms with Gasteiger partial charge in [-0.1, -0.05) is 18.2 Å². The zero-order valence-electron chi connectivity index (χ0n) is 11.7. The molecule has 3 aromatic rings. The summed E-state index contributed by atoms with van der Waals surface area (Å²) in [5, 5.41) is 13.7. The number of nitrogens with zero attached hydrogens (tertiary/aromatic N) is 1. The van der Waals surface area contributed by atoms with Gasteiger partial charge < -0.3 is 15.0 Å². The van der Waals surface area contributed by atoms with Crippen molar-refractivity contribution in [1.82, 2.24) is 4.98 Å². The number of methoxy groups -OCH3 is 1. The van der Waals surface area contributed by atoms with Crippen molar-refractivity contribution in [2.45, 2.75) is 6.54 Å². The van der Waals surface area contributed by atoms with E-state index >= 15 is 0 Å². The third kappa shape index (κ3) is 2.41. The molecule has 0 aliphatic heterocycles. The summed E-state index contributed by atoms with van der Waals surface area (Å²) in [6.07, 6.45) is 1.93. The molecule has 2 N–H and O–H groups in total. The Kier molecular flexibility index (Phi) is 3.48. The fourth-order valence-electron chi connectivity index (χ4n) is 2.46. The van der Waals surface area contributed by atoms with Crippen molar-refractivity contribution in [3.63, 3.8) is 0 Å². The smallest absolute Gasteiger partial charge is 0.143 e. The number of hydrogen-bond acceptors (Lipinski definition) is 3. The van der Waals surface area contributed by atoms with E-state index in [0.29, 0.717) is 17.9 Å². The highest BCUT2D eigenvalue weighted by molar-refractivity contribution is 5.83. The molecule has 0 bridgehead atoms. The highest BCUT2D eigenvalue weighted by atomic mass is 16.5. The molecule has 4 heteroatoms. The maximum Gasteiger partial charge on any atom is 0.143 e. The molecular formula is C17H15N3O. The minimum absolute atomic E-state index is 0.579. The molecule has 1 aromatic heterocycles. The summed E-state index contributed by atoms with van der Waals surface area (Å²) in [5.74, 6) is 0.676. The quantitative estimate of drug-likeness (QED) is 0.765. The van der Waals surface area contributed by atoms with Gasteiger partial charge in [-0.2, -0.15) is 5.26 Å². The lowest BCUT2D eigenvalue weighted by molar-refractivity contribution is 0.416. The van der Waals surface area contributed by atoms with Gasteiger partial charge in [0.1, 0.15) is 11.8 Å². The van der Waals surface area contributed by atoms with Crippen LogP contribution < -0.4 is 10.1 Å². The molecule has 21 heavy (non-hydrogen) atoms. The highest BCUT2D eigenvalue weighted by Crippen LogP contribution is 2.29. The lowest BCUT2D eigenvalue weighted by atomic mass is 10.1. The summed E-state index contributed by atoms with van der Waals surface area (Å²) >= 11 is 0. The Morgan fingerprint density at radius 2 is 2.05 bits per heavy atom. The van der Waals surface area contributed by atoms with E-state index in [1.807, 2.05) is 30.5 Å². The number of rotatable bonds is 4. The van der Waals surface area contributed by atoms with E-state index < -0.39 is 0 Å². The molecule has 0 radical (unpaired) electrons. The number of H-pyrrole nitrogens is 1. The summed E-state index contributed by atoms with van der Waals surface area (Å²) < 4.78 is 5.33. The third-order valence-electron chi connectivity index (χ3n) is 3.51. The number of para-hydroxylation sites is 1. The van der Waals surface area contributed by atoms with E-state index in [0.717, 1.165) is 11.2 Å². The molecule has 0 aliphatic rings. The Bertz CT molecular complexity index is 814. The first-order valence-electron chi connectivity index (χ1n) is 6.69. The van der Waals surface area contributed by atoms with Crippen LogP contribution in [0.1, 0.15) is 11.1 Å². The van der Waals surface area contributed by atoms with Crippen molar-refractivity contribution in [1.29, 1.82) is 5.26 Å². The van der Waals surface area contributed by atoms with Crippen molar-refractivity contribution in [3.05, 3.63) is 59.8 Å². The van der Waals surface area contributed by atoms with Crippen molar-refractivity contribution in [2.75, 3.05) is 12.4 Å². The second kappa shape index (κ2) is 5.59. The third-order valence-corrected chi connectivity index (χ3v) is 3.51. The van der Waals surface area contributed by atoms with Crippen LogP contribution in [0.3, 0.4) is 0 Å². The summed E-state index contributed by atoms with van der Waals surface area (Å²) in [6.45, 7) is 0.629. The Morgan fingerprint density at radius 1 is 1.19 bits per heavy atom. The topological polar surface area (TPSA) is 60.8 Å². The molecule has 0 fully saturated rings. The van der Waals surface area contributed by atoms with Crippen LogP contribution in [0.4, 0.5) is 5.69 Å². The molecule has 0 saturated carbocycles. The van der Waals surface area contributed by atoms with Crippen molar-refractivity contribution >= 4 is 16.6 Å². The monoisotopic (exact) mass is 277 g/mol. The second-order valence-corrected chi connectivity index (χ2v) is 4.70. The average molecular weight is 277 g/mol. The number of ether oxygens (including phenoxy) is 1. The molecule has 0 amide bonds. The average Bonchev–Trinajstić information content (AvgIpc) is 3.01. The van der Waals surface area contributed by atoms with Gasteiger partial charge in [0.15, 0.2) is 0 Å². The molecule has 1 heterocycles. The molecule has 0 unspecified atom stereocenters. The Balaban J connectivity index is 1.92. The zero-order chi connectivity index (χ0) is 14.7. The van der Waals surface area contributed by atoms with Crippen LogP contribution in [0.25, 0.3) is 10.9 Å². The second-order valence-electron chi connectivity index (χ2n) is 4.70. The number of aromatic amines is 1. The van der Waals surface area contributed by atoms with Crippen LogP contribution >= 0.6 is 0 Å². The number of nitriles is 1. The van der Waals surface area contributed by atoms with E-state index in [9.17, 15) is 5.26 Å². The van der Waals surface area contributed by atoms with Gasteiger partial charge in [0.2, 0.25) is 0 Å². The number of nitrogens with one attached hydrogen (secondary N) is 2. The summed E-state index contributed by atoms with van der Waals surface area (Å²) in [7, 11) is 1.61. The van der Waals surface area contributed by atoms with Crippen LogP contribution in [0, 0.1) is 11.3 Å². The standard InChI is InChI=1S/C17H15N3O/c1-21-16-7-3-4-12(10-18)17(16)20-11-13-5-2-6-15-14(13)8-9-19-15/h2-9,19-20H,11H2,1H3. The molecular weight excluding hydrogens is 262 g/mol. The van der Waals surface area contributed by atoms with Crippen molar-refractivity contribution < 1.29 is 4.74 Å². The molecule has 3 rings (SSSR count). The molecule has 0 spiro atoms. The Morgan fingerprint density at radius 3 is 2.86 bits per heavy atom. The first-order chi connectivity index (χ1) is 10.3.